The lowest BCUT2D eigenvalue weighted by Crippen LogP contribution is -2.56. The lowest BCUT2D eigenvalue weighted by Gasteiger charge is -2.22. The number of thioether (sulfide) groups is 1. The highest BCUT2D eigenvalue weighted by Crippen LogP contribution is 2.03. The van der Waals surface area contributed by atoms with Gasteiger partial charge in [0.05, 0.1) is 12.5 Å². The molecule has 3 amide bonds. The van der Waals surface area contributed by atoms with Gasteiger partial charge in [0.2, 0.25) is 17.7 Å². The predicted molar refractivity (Wildman–Crippen MR) is 93.4 cm³/mol. The molecule has 0 saturated heterocycles. The van der Waals surface area contributed by atoms with Gasteiger partial charge in [-0.15, -0.1) is 0 Å². The SMILES string of the molecule is CSCCC(NC(=O)C(CC(=O)O)NC(=O)C(C)N)C(=O)NCC(=O)O. The van der Waals surface area contributed by atoms with Crippen molar-refractivity contribution in [3.8, 4) is 0 Å². The van der Waals surface area contributed by atoms with Crippen molar-refractivity contribution in [2.75, 3.05) is 18.6 Å². The topological polar surface area (TPSA) is 188 Å². The molecule has 0 rings (SSSR count). The molecular formula is C14H24N4O7S. The maximum absolute atomic E-state index is 12.3. The van der Waals surface area contributed by atoms with Crippen molar-refractivity contribution in [3.63, 3.8) is 0 Å². The minimum atomic E-state index is -1.42. The van der Waals surface area contributed by atoms with E-state index in [1.807, 2.05) is 0 Å². The third-order valence-electron chi connectivity index (χ3n) is 3.08. The molecule has 0 bridgehead atoms. The van der Waals surface area contributed by atoms with Gasteiger partial charge in [-0.2, -0.15) is 11.8 Å². The van der Waals surface area contributed by atoms with Crippen LogP contribution in [0.5, 0.6) is 0 Å². The Balaban J connectivity index is 5.10. The highest BCUT2D eigenvalue weighted by molar-refractivity contribution is 7.98. The van der Waals surface area contributed by atoms with Crippen molar-refractivity contribution in [2.24, 2.45) is 5.73 Å². The molecular weight excluding hydrogens is 368 g/mol. The lowest BCUT2D eigenvalue weighted by atomic mass is 10.1. The fraction of sp³-hybridized carbons (Fsp3) is 0.643. The van der Waals surface area contributed by atoms with Gasteiger partial charge in [0, 0.05) is 0 Å². The molecule has 0 heterocycles. The second-order valence-electron chi connectivity index (χ2n) is 5.40. The van der Waals surface area contributed by atoms with Crippen LogP contribution in [0.25, 0.3) is 0 Å². The first-order valence-corrected chi connectivity index (χ1v) is 9.04. The molecule has 0 fully saturated rings. The molecule has 7 N–H and O–H groups in total. The number of hydrogen-bond acceptors (Lipinski definition) is 7. The molecule has 0 aromatic rings. The van der Waals surface area contributed by atoms with E-state index in [1.165, 1.54) is 18.7 Å². The normalized spacial score (nSPS) is 13.8. The highest BCUT2D eigenvalue weighted by Gasteiger charge is 2.29. The maximum Gasteiger partial charge on any atom is 0.322 e. The van der Waals surface area contributed by atoms with Gasteiger partial charge in [0.15, 0.2) is 0 Å². The number of nitrogens with one attached hydrogen (secondary N) is 3. The van der Waals surface area contributed by atoms with E-state index in [1.54, 1.807) is 6.26 Å². The van der Waals surface area contributed by atoms with Gasteiger partial charge in [-0.25, -0.2) is 0 Å². The van der Waals surface area contributed by atoms with E-state index < -0.39 is 60.8 Å². The Bertz CT molecular complexity index is 541. The second-order valence-corrected chi connectivity index (χ2v) is 6.39. The molecule has 0 aromatic heterocycles. The van der Waals surface area contributed by atoms with Crippen LogP contribution in [0.2, 0.25) is 0 Å². The van der Waals surface area contributed by atoms with Crippen LogP contribution in [0.3, 0.4) is 0 Å². The van der Waals surface area contributed by atoms with Crippen molar-refractivity contribution < 1.29 is 34.2 Å². The molecule has 0 aliphatic heterocycles. The predicted octanol–water partition coefficient (Wildman–Crippen LogP) is -2.27. The molecule has 0 aromatic carbocycles. The number of carboxylic acid groups (broad SMARTS) is 2. The Morgan fingerprint density at radius 3 is 2.00 bits per heavy atom. The van der Waals surface area contributed by atoms with Crippen molar-refractivity contribution in [3.05, 3.63) is 0 Å². The van der Waals surface area contributed by atoms with Crippen LogP contribution in [0.15, 0.2) is 0 Å². The molecule has 3 unspecified atom stereocenters. The van der Waals surface area contributed by atoms with Gasteiger partial charge in [-0.1, -0.05) is 0 Å². The Labute approximate surface area is 154 Å². The molecule has 0 radical (unpaired) electrons. The van der Waals surface area contributed by atoms with E-state index in [4.69, 9.17) is 15.9 Å². The van der Waals surface area contributed by atoms with E-state index in [0.29, 0.717) is 5.75 Å². The van der Waals surface area contributed by atoms with Crippen LogP contribution < -0.4 is 21.7 Å². The van der Waals surface area contributed by atoms with Crippen LogP contribution in [-0.4, -0.2) is 76.6 Å². The van der Waals surface area contributed by atoms with Crippen LogP contribution in [0.4, 0.5) is 0 Å². The van der Waals surface area contributed by atoms with Crippen molar-refractivity contribution in [2.45, 2.75) is 37.9 Å². The minimum absolute atomic E-state index is 0.194. The van der Waals surface area contributed by atoms with E-state index in [0.717, 1.165) is 0 Å². The zero-order valence-corrected chi connectivity index (χ0v) is 15.3. The smallest absolute Gasteiger partial charge is 0.322 e. The summed E-state index contributed by atoms with van der Waals surface area (Å²) in [6.07, 6.45) is 1.28. The number of carboxylic acids is 2. The minimum Gasteiger partial charge on any atom is -0.481 e. The van der Waals surface area contributed by atoms with Crippen LogP contribution in [-0.2, 0) is 24.0 Å². The number of hydrogen-bond donors (Lipinski definition) is 6. The summed E-state index contributed by atoms with van der Waals surface area (Å²) in [6, 6.07) is -3.45. The Morgan fingerprint density at radius 1 is 0.962 bits per heavy atom. The largest absolute Gasteiger partial charge is 0.481 e. The number of aliphatic carboxylic acids is 2. The zero-order chi connectivity index (χ0) is 20.3. The number of carbonyl (C=O) groups excluding carboxylic acids is 3. The van der Waals surface area contributed by atoms with E-state index >= 15 is 0 Å². The van der Waals surface area contributed by atoms with Gasteiger partial charge >= 0.3 is 11.9 Å². The first kappa shape index (κ1) is 23.7. The van der Waals surface area contributed by atoms with Gasteiger partial charge in [-0.05, 0) is 25.4 Å². The third-order valence-corrected chi connectivity index (χ3v) is 3.73. The molecule has 12 heteroatoms. The van der Waals surface area contributed by atoms with Crippen LogP contribution >= 0.6 is 11.8 Å². The molecule has 11 nitrogen and oxygen atoms in total. The Hall–Kier alpha value is -2.34. The summed E-state index contributed by atoms with van der Waals surface area (Å²) in [4.78, 5) is 57.5. The molecule has 0 aliphatic rings. The van der Waals surface area contributed by atoms with Gasteiger partial charge in [0.25, 0.3) is 0 Å². The Morgan fingerprint density at radius 2 is 1.54 bits per heavy atom. The van der Waals surface area contributed by atoms with E-state index in [-0.39, 0.29) is 6.42 Å². The highest BCUT2D eigenvalue weighted by atomic mass is 32.2. The average Bonchev–Trinajstić information content (AvgIpc) is 2.54. The quantitative estimate of drug-likeness (QED) is 0.213. The number of amides is 3. The summed E-state index contributed by atoms with van der Waals surface area (Å²) in [7, 11) is 0. The molecule has 0 saturated carbocycles. The van der Waals surface area contributed by atoms with E-state index in [2.05, 4.69) is 16.0 Å². The fourth-order valence-electron chi connectivity index (χ4n) is 1.75. The first-order chi connectivity index (χ1) is 12.1. The van der Waals surface area contributed by atoms with Crippen molar-refractivity contribution in [1.29, 1.82) is 0 Å². The van der Waals surface area contributed by atoms with Gasteiger partial charge in [-0.3, -0.25) is 24.0 Å². The Kier molecular flexibility index (Phi) is 11.0. The van der Waals surface area contributed by atoms with Gasteiger partial charge in [0.1, 0.15) is 18.6 Å². The van der Waals surface area contributed by atoms with Crippen LogP contribution in [0, 0.1) is 0 Å². The van der Waals surface area contributed by atoms with Crippen molar-refractivity contribution >= 4 is 41.4 Å². The summed E-state index contributed by atoms with van der Waals surface area (Å²) in [5.41, 5.74) is 5.38. The molecule has 0 spiro atoms. The lowest BCUT2D eigenvalue weighted by molar-refractivity contribution is -0.141. The summed E-state index contributed by atoms with van der Waals surface area (Å²) < 4.78 is 0. The van der Waals surface area contributed by atoms with Gasteiger partial charge < -0.3 is 31.9 Å². The molecule has 3 atom stereocenters. The maximum atomic E-state index is 12.3. The number of carbonyl (C=O) groups is 5. The molecule has 0 aliphatic carbocycles. The second kappa shape index (κ2) is 12.1. The summed E-state index contributed by atoms with van der Waals surface area (Å²) in [5, 5.41) is 24.2. The summed E-state index contributed by atoms with van der Waals surface area (Å²) >= 11 is 1.40. The fourth-order valence-corrected chi connectivity index (χ4v) is 2.22. The summed E-state index contributed by atoms with van der Waals surface area (Å²) in [6.45, 7) is 0.746. The monoisotopic (exact) mass is 392 g/mol. The standard InChI is InChI=1S/C14H24N4O7S/c1-7(15)12(23)18-9(5-10(19)20)14(25)17-8(3-4-26-2)13(24)16-6-11(21)22/h7-9H,3-6,15H2,1-2H3,(H,16,24)(H,17,25)(H,18,23)(H,19,20)(H,21,22). The average molecular weight is 392 g/mol. The number of nitrogens with two attached hydrogens (primary N) is 1. The van der Waals surface area contributed by atoms with Crippen molar-refractivity contribution in [1.82, 2.24) is 16.0 Å². The zero-order valence-electron chi connectivity index (χ0n) is 14.5. The molecule has 148 valence electrons. The summed E-state index contributed by atoms with van der Waals surface area (Å²) in [5.74, 6) is -4.41. The molecule has 26 heavy (non-hydrogen) atoms. The first-order valence-electron chi connectivity index (χ1n) is 7.65. The third kappa shape index (κ3) is 9.84. The van der Waals surface area contributed by atoms with Crippen LogP contribution in [0.1, 0.15) is 19.8 Å². The van der Waals surface area contributed by atoms with E-state index in [9.17, 15) is 24.0 Å². The number of rotatable bonds is 12.